The summed E-state index contributed by atoms with van der Waals surface area (Å²) in [6, 6.07) is 11.5. The molecular weight excluding hydrogens is 406 g/mol. The van der Waals surface area contributed by atoms with Crippen molar-refractivity contribution in [2.75, 3.05) is 13.7 Å². The summed E-state index contributed by atoms with van der Waals surface area (Å²) in [7, 11) is 1.54. The van der Waals surface area contributed by atoms with Crippen molar-refractivity contribution in [3.05, 3.63) is 87.7 Å². The molecular formula is C23H20F2N2O4. The summed E-state index contributed by atoms with van der Waals surface area (Å²) in [6.45, 7) is 1.72. The van der Waals surface area contributed by atoms with Gasteiger partial charge in [0.25, 0.3) is 5.56 Å². The van der Waals surface area contributed by atoms with Crippen molar-refractivity contribution in [3.63, 3.8) is 0 Å². The molecule has 0 aliphatic heterocycles. The fourth-order valence-corrected chi connectivity index (χ4v) is 2.84. The van der Waals surface area contributed by atoms with Gasteiger partial charge < -0.3 is 9.47 Å². The molecule has 3 aromatic rings. The molecule has 0 saturated carbocycles. The van der Waals surface area contributed by atoms with E-state index in [1.54, 1.807) is 38.3 Å². The number of ether oxygens (including phenoxy) is 2. The molecule has 0 aliphatic carbocycles. The van der Waals surface area contributed by atoms with E-state index in [1.807, 2.05) is 0 Å². The largest absolute Gasteiger partial charge is 0.497 e. The van der Waals surface area contributed by atoms with Gasteiger partial charge in [-0.2, -0.15) is 5.10 Å². The van der Waals surface area contributed by atoms with Crippen LogP contribution in [0.25, 0.3) is 17.3 Å². The number of carbonyl (C=O) groups is 1. The van der Waals surface area contributed by atoms with Gasteiger partial charge in [-0.05, 0) is 49.4 Å². The third-order valence-electron chi connectivity index (χ3n) is 4.39. The SMILES string of the molecule is CCOC(=O)c1cc(-c2ccc(OC)cc2)nn(C/C=C/c2ccc(F)cc2F)c1=O. The number of nitrogens with zero attached hydrogens (tertiary/aromatic N) is 2. The lowest BCUT2D eigenvalue weighted by molar-refractivity contribution is 0.0523. The van der Waals surface area contributed by atoms with Crippen molar-refractivity contribution < 1.29 is 23.0 Å². The Bertz CT molecular complexity index is 1170. The molecule has 8 heteroatoms. The molecule has 2 aromatic carbocycles. The second-order valence-electron chi connectivity index (χ2n) is 6.45. The summed E-state index contributed by atoms with van der Waals surface area (Å²) in [4.78, 5) is 25.0. The zero-order valence-electron chi connectivity index (χ0n) is 17.0. The molecule has 0 N–H and O–H groups in total. The second kappa shape index (κ2) is 9.80. The molecule has 0 atom stereocenters. The fourth-order valence-electron chi connectivity index (χ4n) is 2.84. The average Bonchev–Trinajstić information content (AvgIpc) is 2.76. The van der Waals surface area contributed by atoms with Crippen molar-refractivity contribution in [2.24, 2.45) is 0 Å². The van der Waals surface area contributed by atoms with Crippen molar-refractivity contribution in [3.8, 4) is 17.0 Å². The highest BCUT2D eigenvalue weighted by molar-refractivity contribution is 5.90. The highest BCUT2D eigenvalue weighted by Crippen LogP contribution is 2.21. The number of aromatic nitrogens is 2. The minimum Gasteiger partial charge on any atom is -0.497 e. The number of hydrogen-bond donors (Lipinski definition) is 0. The van der Waals surface area contributed by atoms with Gasteiger partial charge in [0, 0.05) is 17.2 Å². The molecule has 1 heterocycles. The van der Waals surface area contributed by atoms with Crippen LogP contribution in [0, 0.1) is 11.6 Å². The maximum Gasteiger partial charge on any atom is 0.343 e. The van der Waals surface area contributed by atoms with Crippen molar-refractivity contribution in [2.45, 2.75) is 13.5 Å². The summed E-state index contributed by atoms with van der Waals surface area (Å²) >= 11 is 0. The quantitative estimate of drug-likeness (QED) is 0.533. The van der Waals surface area contributed by atoms with Crippen LogP contribution >= 0.6 is 0 Å². The Kier molecular flexibility index (Phi) is 6.92. The Hall–Kier alpha value is -3.81. The average molecular weight is 426 g/mol. The lowest BCUT2D eigenvalue weighted by Gasteiger charge is -2.10. The van der Waals surface area contributed by atoms with E-state index in [1.165, 1.54) is 24.3 Å². The first-order valence-corrected chi connectivity index (χ1v) is 9.48. The van der Waals surface area contributed by atoms with Crippen LogP contribution in [0.15, 0.2) is 59.4 Å². The molecule has 0 bridgehead atoms. The molecule has 0 saturated heterocycles. The molecule has 0 spiro atoms. The highest BCUT2D eigenvalue weighted by atomic mass is 19.1. The number of rotatable bonds is 7. The molecule has 1 aromatic heterocycles. The monoisotopic (exact) mass is 426 g/mol. The Morgan fingerprint density at radius 2 is 1.87 bits per heavy atom. The smallest absolute Gasteiger partial charge is 0.343 e. The van der Waals surface area contributed by atoms with Crippen LogP contribution in [0.3, 0.4) is 0 Å². The first-order chi connectivity index (χ1) is 14.9. The normalized spacial score (nSPS) is 11.0. The Labute approximate surface area is 177 Å². The van der Waals surface area contributed by atoms with Gasteiger partial charge in [-0.1, -0.05) is 12.2 Å². The Balaban J connectivity index is 1.99. The van der Waals surface area contributed by atoms with Gasteiger partial charge in [0.15, 0.2) is 0 Å². The van der Waals surface area contributed by atoms with Crippen LogP contribution in [0.5, 0.6) is 5.75 Å². The third kappa shape index (κ3) is 5.22. The number of benzene rings is 2. The maximum atomic E-state index is 13.8. The predicted molar refractivity (Wildman–Crippen MR) is 112 cm³/mol. The minimum absolute atomic E-state index is 0.0357. The second-order valence-corrected chi connectivity index (χ2v) is 6.45. The number of hydrogen-bond acceptors (Lipinski definition) is 5. The van der Waals surface area contributed by atoms with E-state index in [-0.39, 0.29) is 24.3 Å². The van der Waals surface area contributed by atoms with E-state index in [2.05, 4.69) is 5.10 Å². The predicted octanol–water partition coefficient (Wildman–Crippen LogP) is 4.09. The highest BCUT2D eigenvalue weighted by Gasteiger charge is 2.17. The zero-order valence-corrected chi connectivity index (χ0v) is 17.0. The molecule has 6 nitrogen and oxygen atoms in total. The summed E-state index contributed by atoms with van der Waals surface area (Å²) in [5.41, 5.74) is 0.399. The van der Waals surface area contributed by atoms with Gasteiger partial charge in [0.2, 0.25) is 0 Å². The molecule has 160 valence electrons. The first kappa shape index (κ1) is 21.9. The van der Waals surface area contributed by atoms with Gasteiger partial charge in [-0.3, -0.25) is 4.79 Å². The summed E-state index contributed by atoms with van der Waals surface area (Å²) in [6.07, 6.45) is 2.91. The summed E-state index contributed by atoms with van der Waals surface area (Å²) < 4.78 is 38.1. The van der Waals surface area contributed by atoms with E-state index < -0.39 is 23.2 Å². The molecule has 0 amide bonds. The van der Waals surface area contributed by atoms with E-state index in [4.69, 9.17) is 9.47 Å². The van der Waals surface area contributed by atoms with E-state index in [9.17, 15) is 18.4 Å². The van der Waals surface area contributed by atoms with E-state index in [0.717, 1.165) is 16.8 Å². The van der Waals surface area contributed by atoms with Crippen LogP contribution in [-0.2, 0) is 11.3 Å². The number of methoxy groups -OCH3 is 1. The first-order valence-electron chi connectivity index (χ1n) is 9.48. The van der Waals surface area contributed by atoms with Gasteiger partial charge >= 0.3 is 5.97 Å². The third-order valence-corrected chi connectivity index (χ3v) is 4.39. The van der Waals surface area contributed by atoms with Gasteiger partial charge in [0.05, 0.1) is 26.0 Å². The lowest BCUT2D eigenvalue weighted by atomic mass is 10.1. The Morgan fingerprint density at radius 3 is 2.52 bits per heavy atom. The zero-order chi connectivity index (χ0) is 22.4. The number of allylic oxidation sites excluding steroid dienone is 1. The molecule has 0 unspecified atom stereocenters. The van der Waals surface area contributed by atoms with E-state index >= 15 is 0 Å². The van der Waals surface area contributed by atoms with Gasteiger partial charge in [0.1, 0.15) is 22.9 Å². The topological polar surface area (TPSA) is 70.4 Å². The molecule has 0 aliphatic rings. The minimum atomic E-state index is -0.757. The van der Waals surface area contributed by atoms with Crippen molar-refractivity contribution >= 4 is 12.0 Å². The number of carbonyl (C=O) groups excluding carboxylic acids is 1. The standard InChI is InChI=1S/C23H20F2N2O4/c1-3-31-23(29)19-14-21(16-7-10-18(30-2)11-8-16)26-27(22(19)28)12-4-5-15-6-9-17(24)13-20(15)25/h4-11,13-14H,3,12H2,1-2H3/b5-4+. The van der Waals surface area contributed by atoms with Crippen LogP contribution in [0.1, 0.15) is 22.8 Å². The molecule has 0 fully saturated rings. The molecule has 0 radical (unpaired) electrons. The summed E-state index contributed by atoms with van der Waals surface area (Å²) in [5.74, 6) is -1.52. The van der Waals surface area contributed by atoms with Crippen molar-refractivity contribution in [1.82, 2.24) is 9.78 Å². The number of halogens is 2. The van der Waals surface area contributed by atoms with Gasteiger partial charge in [-0.15, -0.1) is 0 Å². The fraction of sp³-hybridized carbons (Fsp3) is 0.174. The van der Waals surface area contributed by atoms with Crippen LogP contribution < -0.4 is 10.3 Å². The van der Waals surface area contributed by atoms with Crippen LogP contribution in [0.4, 0.5) is 8.78 Å². The number of esters is 1. The van der Waals surface area contributed by atoms with Crippen molar-refractivity contribution in [1.29, 1.82) is 0 Å². The van der Waals surface area contributed by atoms with Crippen LogP contribution in [-0.4, -0.2) is 29.5 Å². The molecule has 3 rings (SSSR count). The maximum absolute atomic E-state index is 13.8. The molecule has 31 heavy (non-hydrogen) atoms. The van der Waals surface area contributed by atoms with Gasteiger partial charge in [-0.25, -0.2) is 18.3 Å². The Morgan fingerprint density at radius 1 is 1.13 bits per heavy atom. The van der Waals surface area contributed by atoms with Crippen LogP contribution in [0.2, 0.25) is 0 Å². The summed E-state index contributed by atoms with van der Waals surface area (Å²) in [5, 5.41) is 4.32. The lowest BCUT2D eigenvalue weighted by Crippen LogP contribution is -2.29. The van der Waals surface area contributed by atoms with E-state index in [0.29, 0.717) is 17.0 Å².